The lowest BCUT2D eigenvalue weighted by Crippen LogP contribution is -2.41. The molecule has 4 rings (SSSR count). The van der Waals surface area contributed by atoms with E-state index in [2.05, 4.69) is 5.32 Å². The third kappa shape index (κ3) is 4.17. The van der Waals surface area contributed by atoms with Crippen LogP contribution in [0.2, 0.25) is 5.02 Å². The summed E-state index contributed by atoms with van der Waals surface area (Å²) in [5.41, 5.74) is 3.52. The van der Waals surface area contributed by atoms with Gasteiger partial charge in [0, 0.05) is 23.7 Å². The van der Waals surface area contributed by atoms with Crippen molar-refractivity contribution in [2.75, 3.05) is 6.54 Å². The van der Waals surface area contributed by atoms with E-state index in [-0.39, 0.29) is 11.8 Å². The van der Waals surface area contributed by atoms with Crippen molar-refractivity contribution in [2.45, 2.75) is 19.0 Å². The van der Waals surface area contributed by atoms with Crippen LogP contribution in [0.15, 0.2) is 78.9 Å². The first-order valence-electron chi connectivity index (χ1n) is 9.59. The zero-order chi connectivity index (χ0) is 20.2. The number of nitrogens with one attached hydrogen (secondary N) is 1. The normalized spacial score (nSPS) is 13.8. The molecule has 1 heterocycles. The number of fused-ring (bicyclic) bond motifs is 1. The van der Waals surface area contributed by atoms with E-state index in [9.17, 15) is 9.59 Å². The molecule has 3 aromatic carbocycles. The van der Waals surface area contributed by atoms with Crippen molar-refractivity contribution in [3.63, 3.8) is 0 Å². The highest BCUT2D eigenvalue weighted by atomic mass is 35.5. The lowest BCUT2D eigenvalue weighted by atomic mass is 10.0. The van der Waals surface area contributed by atoms with E-state index in [4.69, 9.17) is 11.6 Å². The van der Waals surface area contributed by atoms with Gasteiger partial charge in [-0.1, -0.05) is 72.3 Å². The molecule has 0 fully saturated rings. The molecule has 3 aromatic rings. The minimum absolute atomic E-state index is 0.109. The van der Waals surface area contributed by atoms with Crippen LogP contribution in [-0.4, -0.2) is 23.3 Å². The SMILES string of the molecule is O=C(NCCc1ccc(Cl)cc1)C(c1ccccc1)N1Cc2ccccc2C1=O. The van der Waals surface area contributed by atoms with Gasteiger partial charge in [-0.25, -0.2) is 0 Å². The molecule has 0 saturated carbocycles. The second-order valence-electron chi connectivity index (χ2n) is 7.07. The first kappa shape index (κ1) is 19.2. The topological polar surface area (TPSA) is 49.4 Å². The lowest BCUT2D eigenvalue weighted by Gasteiger charge is -2.27. The summed E-state index contributed by atoms with van der Waals surface area (Å²) in [4.78, 5) is 27.8. The summed E-state index contributed by atoms with van der Waals surface area (Å²) in [5.74, 6) is -0.284. The summed E-state index contributed by atoms with van der Waals surface area (Å²) in [6.07, 6.45) is 0.693. The number of carbonyl (C=O) groups is 2. The van der Waals surface area contributed by atoms with Crippen LogP contribution >= 0.6 is 11.6 Å². The van der Waals surface area contributed by atoms with Gasteiger partial charge >= 0.3 is 0 Å². The average molecular weight is 405 g/mol. The maximum atomic E-state index is 13.1. The van der Waals surface area contributed by atoms with Crippen LogP contribution in [0.25, 0.3) is 0 Å². The van der Waals surface area contributed by atoms with Crippen LogP contribution in [0.3, 0.4) is 0 Å². The molecule has 0 aliphatic carbocycles. The number of hydrogen-bond acceptors (Lipinski definition) is 2. The molecular weight excluding hydrogens is 384 g/mol. The molecule has 0 bridgehead atoms. The Bertz CT molecular complexity index is 1020. The zero-order valence-corrected chi connectivity index (χ0v) is 16.6. The smallest absolute Gasteiger partial charge is 0.255 e. The summed E-state index contributed by atoms with van der Waals surface area (Å²) in [6.45, 7) is 0.915. The molecule has 0 spiro atoms. The van der Waals surface area contributed by atoms with Crippen molar-refractivity contribution in [1.29, 1.82) is 0 Å². The van der Waals surface area contributed by atoms with Gasteiger partial charge in [0.2, 0.25) is 5.91 Å². The molecule has 5 heteroatoms. The molecule has 1 aliphatic heterocycles. The van der Waals surface area contributed by atoms with Gasteiger partial charge in [-0.3, -0.25) is 9.59 Å². The molecule has 0 radical (unpaired) electrons. The Morgan fingerprint density at radius 2 is 1.66 bits per heavy atom. The van der Waals surface area contributed by atoms with Crippen molar-refractivity contribution in [1.82, 2.24) is 10.2 Å². The van der Waals surface area contributed by atoms with Gasteiger partial charge in [-0.05, 0) is 41.3 Å². The Labute approximate surface area is 175 Å². The molecule has 1 aliphatic rings. The van der Waals surface area contributed by atoms with Gasteiger partial charge in [0.1, 0.15) is 6.04 Å². The Hall–Kier alpha value is -3.11. The monoisotopic (exact) mass is 404 g/mol. The Kier molecular flexibility index (Phi) is 5.63. The number of benzene rings is 3. The highest BCUT2D eigenvalue weighted by Crippen LogP contribution is 2.31. The van der Waals surface area contributed by atoms with Gasteiger partial charge < -0.3 is 10.2 Å². The number of nitrogens with zero attached hydrogens (tertiary/aromatic N) is 1. The predicted octanol–water partition coefficient (Wildman–Crippen LogP) is 4.40. The summed E-state index contributed by atoms with van der Waals surface area (Å²) in [7, 11) is 0. The molecule has 4 nitrogen and oxygen atoms in total. The van der Waals surface area contributed by atoms with E-state index in [1.807, 2.05) is 78.9 Å². The first-order chi connectivity index (χ1) is 14.1. The van der Waals surface area contributed by atoms with Crippen molar-refractivity contribution in [3.05, 3.63) is 106 Å². The van der Waals surface area contributed by atoms with E-state index in [1.165, 1.54) is 0 Å². The zero-order valence-electron chi connectivity index (χ0n) is 15.8. The summed E-state index contributed by atoms with van der Waals surface area (Å²) < 4.78 is 0. The number of halogens is 1. The van der Waals surface area contributed by atoms with Crippen LogP contribution in [-0.2, 0) is 17.8 Å². The number of amides is 2. The van der Waals surface area contributed by atoms with Crippen molar-refractivity contribution in [2.24, 2.45) is 0 Å². The van der Waals surface area contributed by atoms with Crippen molar-refractivity contribution < 1.29 is 9.59 Å². The van der Waals surface area contributed by atoms with Crippen LogP contribution < -0.4 is 5.32 Å². The second-order valence-corrected chi connectivity index (χ2v) is 7.51. The summed E-state index contributed by atoms with van der Waals surface area (Å²) in [6, 6.07) is 23.9. The molecule has 1 atom stereocenters. The highest BCUT2D eigenvalue weighted by molar-refractivity contribution is 6.30. The second kappa shape index (κ2) is 8.50. The molecule has 29 heavy (non-hydrogen) atoms. The van der Waals surface area contributed by atoms with Gasteiger partial charge in [0.05, 0.1) is 0 Å². The fraction of sp³-hybridized carbons (Fsp3) is 0.167. The molecule has 1 N–H and O–H groups in total. The predicted molar refractivity (Wildman–Crippen MR) is 114 cm³/mol. The van der Waals surface area contributed by atoms with Crippen LogP contribution in [0.4, 0.5) is 0 Å². The van der Waals surface area contributed by atoms with Crippen LogP contribution in [0.5, 0.6) is 0 Å². The van der Waals surface area contributed by atoms with E-state index in [0.29, 0.717) is 30.1 Å². The minimum atomic E-state index is -0.665. The summed E-state index contributed by atoms with van der Waals surface area (Å²) >= 11 is 5.92. The third-order valence-corrected chi connectivity index (χ3v) is 5.40. The number of carbonyl (C=O) groups excluding carboxylic acids is 2. The fourth-order valence-electron chi connectivity index (χ4n) is 3.67. The molecule has 2 amide bonds. The number of rotatable bonds is 6. The Balaban J connectivity index is 1.51. The van der Waals surface area contributed by atoms with Gasteiger partial charge in [-0.15, -0.1) is 0 Å². The standard InChI is InChI=1S/C24H21ClN2O2/c25-20-12-10-17(11-13-20)14-15-26-23(28)22(18-6-2-1-3-7-18)27-16-19-8-4-5-9-21(19)24(27)29/h1-13,22H,14-16H2,(H,26,28). The van der Waals surface area contributed by atoms with Gasteiger partial charge in [0.15, 0.2) is 0 Å². The van der Waals surface area contributed by atoms with E-state index < -0.39 is 6.04 Å². The largest absolute Gasteiger partial charge is 0.354 e. The van der Waals surface area contributed by atoms with Gasteiger partial charge in [0.25, 0.3) is 5.91 Å². The van der Waals surface area contributed by atoms with Crippen molar-refractivity contribution in [3.8, 4) is 0 Å². The quantitative estimate of drug-likeness (QED) is 0.662. The van der Waals surface area contributed by atoms with Crippen LogP contribution in [0.1, 0.15) is 33.1 Å². The minimum Gasteiger partial charge on any atom is -0.354 e. The maximum Gasteiger partial charge on any atom is 0.255 e. The highest BCUT2D eigenvalue weighted by Gasteiger charge is 2.36. The summed E-state index contributed by atoms with van der Waals surface area (Å²) in [5, 5.41) is 3.69. The van der Waals surface area contributed by atoms with Crippen LogP contribution in [0, 0.1) is 0 Å². The molecule has 1 unspecified atom stereocenters. The Morgan fingerprint density at radius 1 is 0.966 bits per heavy atom. The molecule has 146 valence electrons. The lowest BCUT2D eigenvalue weighted by molar-refractivity contribution is -0.125. The molecule has 0 aromatic heterocycles. The van der Waals surface area contributed by atoms with Crippen molar-refractivity contribution >= 4 is 23.4 Å². The fourth-order valence-corrected chi connectivity index (χ4v) is 3.80. The van der Waals surface area contributed by atoms with Gasteiger partial charge in [-0.2, -0.15) is 0 Å². The Morgan fingerprint density at radius 3 is 2.38 bits per heavy atom. The first-order valence-corrected chi connectivity index (χ1v) is 9.97. The number of hydrogen-bond donors (Lipinski definition) is 1. The van der Waals surface area contributed by atoms with E-state index >= 15 is 0 Å². The van der Waals surface area contributed by atoms with E-state index in [1.54, 1.807) is 4.90 Å². The molecular formula is C24H21ClN2O2. The average Bonchev–Trinajstić information content (AvgIpc) is 3.07. The maximum absolute atomic E-state index is 13.1. The third-order valence-electron chi connectivity index (χ3n) is 5.15. The molecule has 0 saturated heterocycles. The van der Waals surface area contributed by atoms with E-state index in [0.717, 1.165) is 16.7 Å².